The maximum absolute atomic E-state index is 14.6. The molecule has 1 saturated heterocycles. The van der Waals surface area contributed by atoms with Crippen molar-refractivity contribution in [3.63, 3.8) is 0 Å². The zero-order valence-electron chi connectivity index (χ0n) is 18.3. The van der Waals surface area contributed by atoms with E-state index < -0.39 is 6.09 Å². The number of nitrogens with one attached hydrogen (secondary N) is 1. The normalized spacial score (nSPS) is 20.7. The number of ether oxygens (including phenoxy) is 3. The number of amides is 1. The summed E-state index contributed by atoms with van der Waals surface area (Å²) in [6.45, 7) is 2.82. The van der Waals surface area contributed by atoms with Crippen LogP contribution < -0.4 is 25.2 Å². The molecule has 3 aliphatic heterocycles. The molecule has 1 amide bonds. The molecule has 1 N–H and O–H groups in total. The molecule has 1 fully saturated rings. The Balaban J connectivity index is 1.06. The van der Waals surface area contributed by atoms with E-state index in [9.17, 15) is 14.0 Å². The summed E-state index contributed by atoms with van der Waals surface area (Å²) in [6, 6.07) is 9.88. The quantitative estimate of drug-likeness (QED) is 0.558. The van der Waals surface area contributed by atoms with Gasteiger partial charge in [-0.25, -0.2) is 9.18 Å². The minimum atomic E-state index is -0.450. The molecule has 10 heteroatoms. The van der Waals surface area contributed by atoms with Crippen LogP contribution in [0.1, 0.15) is 17.9 Å². The highest BCUT2D eigenvalue weighted by Gasteiger charge is 2.34. The number of cyclic esters (lactones) is 1. The Bertz CT molecular complexity index is 1340. The molecular weight excluding hydrogens is 443 g/mol. The lowest BCUT2D eigenvalue weighted by Gasteiger charge is -2.19. The molecule has 6 rings (SSSR count). The number of hydrogen-bond acceptors (Lipinski definition) is 7. The fourth-order valence-corrected chi connectivity index (χ4v) is 4.91. The van der Waals surface area contributed by atoms with Gasteiger partial charge in [-0.1, -0.05) is 0 Å². The van der Waals surface area contributed by atoms with E-state index >= 15 is 0 Å². The number of anilines is 1. The fraction of sp³-hybridized carbons (Fsp3) is 0.375. The molecule has 3 aliphatic rings. The molecular formula is C24H23FN4O5. The minimum absolute atomic E-state index is 0.118. The molecule has 34 heavy (non-hydrogen) atoms. The second-order valence-electron chi connectivity index (χ2n) is 8.66. The molecule has 0 saturated carbocycles. The molecule has 0 spiro atoms. The molecule has 9 nitrogen and oxygen atoms in total. The van der Waals surface area contributed by atoms with Gasteiger partial charge >= 0.3 is 6.09 Å². The number of benzene rings is 1. The van der Waals surface area contributed by atoms with E-state index in [1.807, 2.05) is 0 Å². The summed E-state index contributed by atoms with van der Waals surface area (Å²) in [5.74, 6) is 0.974. The first-order chi connectivity index (χ1) is 16.6. The number of carbonyl (C=O) groups excluding carboxylic acids is 1. The zero-order chi connectivity index (χ0) is 23.2. The maximum Gasteiger partial charge on any atom is 0.415 e. The van der Waals surface area contributed by atoms with Gasteiger partial charge in [-0.2, -0.15) is 4.98 Å². The van der Waals surface area contributed by atoms with E-state index in [0.717, 1.165) is 5.39 Å². The molecule has 176 valence electrons. The van der Waals surface area contributed by atoms with Gasteiger partial charge in [0.15, 0.2) is 5.75 Å². The van der Waals surface area contributed by atoms with E-state index in [-0.39, 0.29) is 23.4 Å². The van der Waals surface area contributed by atoms with Crippen LogP contribution in [0.2, 0.25) is 0 Å². The predicted molar refractivity (Wildman–Crippen MR) is 121 cm³/mol. The van der Waals surface area contributed by atoms with Crippen LogP contribution >= 0.6 is 0 Å². The van der Waals surface area contributed by atoms with E-state index in [0.29, 0.717) is 74.3 Å². The van der Waals surface area contributed by atoms with Crippen molar-refractivity contribution in [1.29, 1.82) is 0 Å². The number of nitrogens with zero attached hydrogens (tertiary/aromatic N) is 3. The number of rotatable bonds is 6. The lowest BCUT2D eigenvalue weighted by Crippen LogP contribution is -2.29. The van der Waals surface area contributed by atoms with Gasteiger partial charge in [0.25, 0.3) is 11.4 Å². The third-order valence-electron chi connectivity index (χ3n) is 6.52. The molecule has 1 aromatic carbocycles. The summed E-state index contributed by atoms with van der Waals surface area (Å²) in [5, 5.41) is 4.21. The first-order valence-electron chi connectivity index (χ1n) is 11.4. The minimum Gasteiger partial charge on any atom is -0.484 e. The summed E-state index contributed by atoms with van der Waals surface area (Å²) >= 11 is 0. The Hall–Kier alpha value is -3.66. The summed E-state index contributed by atoms with van der Waals surface area (Å²) in [5.41, 5.74) is 1.16. The lowest BCUT2D eigenvalue weighted by molar-refractivity contribution is 0.136. The largest absolute Gasteiger partial charge is 0.484 e. The van der Waals surface area contributed by atoms with Gasteiger partial charge in [0, 0.05) is 30.6 Å². The number of fused-ring (bicyclic) bond motifs is 1. The maximum atomic E-state index is 14.6. The number of halogens is 1. The van der Waals surface area contributed by atoms with E-state index in [2.05, 4.69) is 10.3 Å². The Labute approximate surface area is 194 Å². The van der Waals surface area contributed by atoms with Crippen LogP contribution in [0.4, 0.5) is 15.0 Å². The first-order valence-corrected chi connectivity index (χ1v) is 11.4. The Kier molecular flexibility index (Phi) is 5.09. The van der Waals surface area contributed by atoms with Crippen molar-refractivity contribution >= 4 is 22.8 Å². The van der Waals surface area contributed by atoms with Crippen LogP contribution in [0.25, 0.3) is 10.9 Å². The predicted octanol–water partition coefficient (Wildman–Crippen LogP) is 2.41. The Morgan fingerprint density at radius 1 is 1.06 bits per heavy atom. The molecule has 0 aliphatic carbocycles. The van der Waals surface area contributed by atoms with Gasteiger partial charge in [-0.05, 0) is 48.7 Å². The van der Waals surface area contributed by atoms with Crippen LogP contribution in [-0.4, -0.2) is 54.6 Å². The molecule has 0 radical (unpaired) electrons. The Morgan fingerprint density at radius 3 is 2.82 bits per heavy atom. The second kappa shape index (κ2) is 8.28. The molecule has 2 atom stereocenters. The lowest BCUT2D eigenvalue weighted by atomic mass is 9.99. The Morgan fingerprint density at radius 2 is 1.91 bits per heavy atom. The fourth-order valence-electron chi connectivity index (χ4n) is 4.91. The highest BCUT2D eigenvalue weighted by atomic mass is 19.1. The van der Waals surface area contributed by atoms with E-state index in [1.54, 1.807) is 28.8 Å². The third-order valence-corrected chi connectivity index (χ3v) is 6.52. The van der Waals surface area contributed by atoms with Gasteiger partial charge in [0.2, 0.25) is 0 Å². The monoisotopic (exact) mass is 466 g/mol. The smallest absolute Gasteiger partial charge is 0.415 e. The summed E-state index contributed by atoms with van der Waals surface area (Å²) in [7, 11) is 0. The molecule has 2 unspecified atom stereocenters. The summed E-state index contributed by atoms with van der Waals surface area (Å²) in [6.07, 6.45) is -0.147. The summed E-state index contributed by atoms with van der Waals surface area (Å²) < 4.78 is 32.7. The van der Waals surface area contributed by atoms with Crippen molar-refractivity contribution in [2.24, 2.45) is 0 Å². The van der Waals surface area contributed by atoms with Crippen molar-refractivity contribution in [1.82, 2.24) is 14.9 Å². The third kappa shape index (κ3) is 3.54. The molecule has 0 bridgehead atoms. The van der Waals surface area contributed by atoms with Crippen LogP contribution in [-0.2, 0) is 11.3 Å². The number of aromatic nitrogens is 2. The number of carbonyl (C=O) groups is 1. The SMILES string of the molecule is O=C1OC(CCNCC2Cn3c(=O)ccc4ccc(F)c2c43)CN1c1ccc2c(n1)OCCO2. The standard InChI is InChI=1S/C24H23FN4O5/c25-17-3-1-14-2-6-20(30)29-12-15(21(17)22(14)29)11-26-8-7-16-13-28(24(31)34-16)19-5-4-18-23(27-19)33-10-9-32-18/h1-6,15-16,26H,7-13H2. The van der Waals surface area contributed by atoms with Crippen LogP contribution in [0.15, 0.2) is 41.2 Å². The van der Waals surface area contributed by atoms with E-state index in [4.69, 9.17) is 14.2 Å². The highest BCUT2D eigenvalue weighted by Crippen LogP contribution is 2.34. The van der Waals surface area contributed by atoms with Crippen molar-refractivity contribution in [3.8, 4) is 11.6 Å². The average molecular weight is 466 g/mol. The average Bonchev–Trinajstić information content (AvgIpc) is 3.42. The topological polar surface area (TPSA) is 94.9 Å². The van der Waals surface area contributed by atoms with Crippen molar-refractivity contribution in [2.45, 2.75) is 25.0 Å². The molecule has 3 aromatic rings. The van der Waals surface area contributed by atoms with Crippen molar-refractivity contribution in [2.75, 3.05) is 37.7 Å². The van der Waals surface area contributed by atoms with Gasteiger partial charge < -0.3 is 24.1 Å². The van der Waals surface area contributed by atoms with Crippen LogP contribution in [0.5, 0.6) is 11.6 Å². The van der Waals surface area contributed by atoms with Crippen molar-refractivity contribution in [3.05, 3.63) is 58.1 Å². The van der Waals surface area contributed by atoms with E-state index in [1.165, 1.54) is 17.0 Å². The van der Waals surface area contributed by atoms with Gasteiger partial charge in [-0.15, -0.1) is 0 Å². The molecule has 2 aromatic heterocycles. The van der Waals surface area contributed by atoms with Gasteiger partial charge in [0.05, 0.1) is 12.1 Å². The number of hydrogen-bond donors (Lipinski definition) is 1. The second-order valence-corrected chi connectivity index (χ2v) is 8.66. The van der Waals surface area contributed by atoms with Crippen molar-refractivity contribution < 1.29 is 23.4 Å². The van der Waals surface area contributed by atoms with Crippen LogP contribution in [0, 0.1) is 5.82 Å². The summed E-state index contributed by atoms with van der Waals surface area (Å²) in [4.78, 5) is 30.5. The van der Waals surface area contributed by atoms with Gasteiger partial charge in [-0.3, -0.25) is 9.69 Å². The van der Waals surface area contributed by atoms with Crippen LogP contribution in [0.3, 0.4) is 0 Å². The highest BCUT2D eigenvalue weighted by molar-refractivity contribution is 5.88. The van der Waals surface area contributed by atoms with Gasteiger partial charge in [0.1, 0.15) is 31.0 Å². The first kappa shape index (κ1) is 20.9. The zero-order valence-corrected chi connectivity index (χ0v) is 18.3. The molecule has 5 heterocycles. The number of pyridine rings is 2.